The fraction of sp³-hybridized carbons (Fsp3) is 0.729. The summed E-state index contributed by atoms with van der Waals surface area (Å²) in [4.78, 5) is 12.4. The lowest BCUT2D eigenvalue weighted by Crippen LogP contribution is -2.45. The summed E-state index contributed by atoms with van der Waals surface area (Å²) in [5.41, 5.74) is 0. The Kier molecular flexibility index (Phi) is 41.4. The van der Waals surface area contributed by atoms with E-state index >= 15 is 0 Å². The van der Waals surface area contributed by atoms with Crippen molar-refractivity contribution in [2.45, 2.75) is 219 Å². The molecule has 2 unspecified atom stereocenters. The highest BCUT2D eigenvalue weighted by Crippen LogP contribution is 2.15. The Morgan fingerprint density at radius 2 is 0.846 bits per heavy atom. The Morgan fingerprint density at radius 3 is 1.27 bits per heavy atom. The van der Waals surface area contributed by atoms with Gasteiger partial charge in [-0.3, -0.25) is 4.79 Å². The second-order valence-corrected chi connectivity index (χ2v) is 14.7. The molecule has 0 aliphatic heterocycles. The summed E-state index contributed by atoms with van der Waals surface area (Å²) in [6.45, 7) is 4.23. The molecule has 0 aliphatic carbocycles. The molecule has 0 aromatic carbocycles. The zero-order valence-corrected chi connectivity index (χ0v) is 34.3. The van der Waals surface area contributed by atoms with E-state index in [-0.39, 0.29) is 12.5 Å². The highest BCUT2D eigenvalue weighted by atomic mass is 16.3. The zero-order valence-electron chi connectivity index (χ0n) is 34.3. The van der Waals surface area contributed by atoms with Gasteiger partial charge in [-0.05, 0) is 64.2 Å². The Morgan fingerprint density at radius 1 is 0.481 bits per heavy atom. The lowest BCUT2D eigenvalue weighted by atomic mass is 10.0. The molecule has 0 rings (SSSR count). The summed E-state index contributed by atoms with van der Waals surface area (Å²) in [7, 11) is 0. The van der Waals surface area contributed by atoms with Crippen molar-refractivity contribution in [2.75, 3.05) is 6.61 Å². The first-order valence-electron chi connectivity index (χ1n) is 22.1. The minimum atomic E-state index is -0.674. The molecular formula is C48H85NO3. The number of allylic oxidation sites excluding steroid dienone is 12. The fourth-order valence-electron chi connectivity index (χ4n) is 6.36. The van der Waals surface area contributed by atoms with Crippen LogP contribution in [0.3, 0.4) is 0 Å². The number of rotatable bonds is 39. The van der Waals surface area contributed by atoms with E-state index < -0.39 is 12.1 Å². The molecule has 0 aromatic rings. The van der Waals surface area contributed by atoms with Crippen LogP contribution in [0.5, 0.6) is 0 Å². The van der Waals surface area contributed by atoms with Crippen LogP contribution in [0.1, 0.15) is 206 Å². The van der Waals surface area contributed by atoms with Crippen molar-refractivity contribution in [3.05, 3.63) is 72.9 Å². The Hall–Kier alpha value is -2.17. The molecule has 4 nitrogen and oxygen atoms in total. The number of carbonyl (C=O) groups is 1. The van der Waals surface area contributed by atoms with E-state index in [1.807, 2.05) is 0 Å². The number of unbranched alkanes of at least 4 members (excludes halogenated alkanes) is 20. The quantitative estimate of drug-likeness (QED) is 0.0437. The second kappa shape index (κ2) is 43.2. The van der Waals surface area contributed by atoms with Crippen molar-refractivity contribution in [3.63, 3.8) is 0 Å². The molecule has 1 amide bonds. The summed E-state index contributed by atoms with van der Waals surface area (Å²) < 4.78 is 0. The number of nitrogens with one attached hydrogen (secondary N) is 1. The van der Waals surface area contributed by atoms with Gasteiger partial charge in [0.05, 0.1) is 18.8 Å². The van der Waals surface area contributed by atoms with E-state index in [1.54, 1.807) is 0 Å². The molecule has 4 heteroatoms. The lowest BCUT2D eigenvalue weighted by Gasteiger charge is -2.22. The first-order chi connectivity index (χ1) is 25.7. The lowest BCUT2D eigenvalue weighted by molar-refractivity contribution is -0.123. The van der Waals surface area contributed by atoms with Crippen molar-refractivity contribution in [1.29, 1.82) is 0 Å². The number of carbonyl (C=O) groups excluding carboxylic acids is 1. The number of aliphatic hydroxyl groups is 2. The van der Waals surface area contributed by atoms with E-state index in [2.05, 4.69) is 92.1 Å². The normalized spacial score (nSPS) is 13.7. The van der Waals surface area contributed by atoms with Gasteiger partial charge in [-0.25, -0.2) is 0 Å². The van der Waals surface area contributed by atoms with Crippen LogP contribution < -0.4 is 5.32 Å². The predicted octanol–water partition coefficient (Wildman–Crippen LogP) is 13.9. The van der Waals surface area contributed by atoms with Crippen LogP contribution in [0.15, 0.2) is 72.9 Å². The highest BCUT2D eigenvalue weighted by molar-refractivity contribution is 5.76. The van der Waals surface area contributed by atoms with Gasteiger partial charge in [0.2, 0.25) is 5.91 Å². The number of aliphatic hydroxyl groups excluding tert-OH is 2. The average molecular weight is 724 g/mol. The molecule has 0 aromatic heterocycles. The van der Waals surface area contributed by atoms with Crippen LogP contribution in [0.4, 0.5) is 0 Å². The molecule has 52 heavy (non-hydrogen) atoms. The van der Waals surface area contributed by atoms with Crippen molar-refractivity contribution in [1.82, 2.24) is 5.32 Å². The van der Waals surface area contributed by atoms with Gasteiger partial charge in [-0.15, -0.1) is 0 Å². The molecule has 0 saturated heterocycles. The van der Waals surface area contributed by atoms with E-state index in [1.165, 1.54) is 96.3 Å². The first kappa shape index (κ1) is 49.8. The van der Waals surface area contributed by atoms with E-state index in [0.717, 1.165) is 83.5 Å². The van der Waals surface area contributed by atoms with E-state index in [0.29, 0.717) is 12.8 Å². The number of amides is 1. The van der Waals surface area contributed by atoms with Crippen LogP contribution in [-0.2, 0) is 4.79 Å². The molecule has 0 fully saturated rings. The Labute approximate surface area is 323 Å². The van der Waals surface area contributed by atoms with Crippen LogP contribution in [0.25, 0.3) is 0 Å². The minimum absolute atomic E-state index is 0.0579. The van der Waals surface area contributed by atoms with Gasteiger partial charge in [-0.2, -0.15) is 0 Å². The maximum atomic E-state index is 12.4. The predicted molar refractivity (Wildman–Crippen MR) is 230 cm³/mol. The summed E-state index contributed by atoms with van der Waals surface area (Å²) in [5, 5.41) is 23.2. The zero-order chi connectivity index (χ0) is 37.8. The van der Waals surface area contributed by atoms with Gasteiger partial charge in [0.15, 0.2) is 0 Å². The number of hydrogen-bond acceptors (Lipinski definition) is 3. The maximum absolute atomic E-state index is 12.4. The largest absolute Gasteiger partial charge is 0.394 e. The summed E-state index contributed by atoms with van der Waals surface area (Å²) in [6, 6.07) is -0.554. The van der Waals surface area contributed by atoms with Gasteiger partial charge in [-0.1, -0.05) is 209 Å². The van der Waals surface area contributed by atoms with Crippen molar-refractivity contribution in [2.24, 2.45) is 0 Å². The summed E-state index contributed by atoms with van der Waals surface area (Å²) in [5.74, 6) is -0.0579. The monoisotopic (exact) mass is 724 g/mol. The van der Waals surface area contributed by atoms with Gasteiger partial charge < -0.3 is 15.5 Å². The third kappa shape index (κ3) is 39.0. The topological polar surface area (TPSA) is 69.6 Å². The molecule has 0 saturated carbocycles. The third-order valence-corrected chi connectivity index (χ3v) is 9.73. The standard InChI is InChI=1S/C48H85NO3/c1-3-5-7-9-11-13-15-17-19-21-22-23-24-25-26-28-30-32-34-36-38-40-42-44-48(52)49-46(45-50)47(51)43-41-39-37-35-33-31-29-27-20-18-16-14-12-10-8-6-4-2/h5,7,11,13,17,19,22-23,25-26,30,32,46-47,50-51H,3-4,6,8-10,12,14-16,18,20-21,24,27-29,31,33-45H2,1-2H3,(H,49,52)/b7-5-,13-11-,19-17-,23-22-,26-25-,32-30-. The van der Waals surface area contributed by atoms with Crippen LogP contribution in [0, 0.1) is 0 Å². The molecule has 0 aliphatic rings. The van der Waals surface area contributed by atoms with Gasteiger partial charge in [0, 0.05) is 6.42 Å². The summed E-state index contributed by atoms with van der Waals surface area (Å²) in [6.07, 6.45) is 61.1. The molecule has 0 heterocycles. The van der Waals surface area contributed by atoms with Crippen LogP contribution in [0.2, 0.25) is 0 Å². The van der Waals surface area contributed by atoms with Gasteiger partial charge in [0.1, 0.15) is 0 Å². The molecule has 0 bridgehead atoms. The number of hydrogen-bond donors (Lipinski definition) is 3. The Bertz CT molecular complexity index is 915. The minimum Gasteiger partial charge on any atom is -0.394 e. The van der Waals surface area contributed by atoms with Crippen molar-refractivity contribution in [3.8, 4) is 0 Å². The molecule has 2 atom stereocenters. The van der Waals surface area contributed by atoms with Crippen LogP contribution >= 0.6 is 0 Å². The smallest absolute Gasteiger partial charge is 0.220 e. The van der Waals surface area contributed by atoms with Crippen molar-refractivity contribution >= 4 is 5.91 Å². The van der Waals surface area contributed by atoms with E-state index in [9.17, 15) is 15.0 Å². The molecule has 0 spiro atoms. The summed E-state index contributed by atoms with van der Waals surface area (Å²) >= 11 is 0. The van der Waals surface area contributed by atoms with Crippen molar-refractivity contribution < 1.29 is 15.0 Å². The van der Waals surface area contributed by atoms with Crippen LogP contribution in [-0.4, -0.2) is 34.9 Å². The molecule has 3 N–H and O–H groups in total. The van der Waals surface area contributed by atoms with E-state index in [4.69, 9.17) is 0 Å². The fourth-order valence-corrected chi connectivity index (χ4v) is 6.36. The SMILES string of the molecule is CC/C=C\C/C=C\C/C=C\C/C=C\C/C=C\C/C=C\CCCCCCC(=O)NC(CO)C(O)CCCCCCCCCCCCCCCCCCC. The molecular weight excluding hydrogens is 639 g/mol. The average Bonchev–Trinajstić information content (AvgIpc) is 3.15. The second-order valence-electron chi connectivity index (χ2n) is 14.7. The molecule has 300 valence electrons. The first-order valence-corrected chi connectivity index (χ1v) is 22.1. The van der Waals surface area contributed by atoms with Gasteiger partial charge >= 0.3 is 0 Å². The Balaban J connectivity index is 3.63. The highest BCUT2D eigenvalue weighted by Gasteiger charge is 2.19. The maximum Gasteiger partial charge on any atom is 0.220 e. The molecule has 0 radical (unpaired) electrons. The third-order valence-electron chi connectivity index (χ3n) is 9.73. The van der Waals surface area contributed by atoms with Gasteiger partial charge in [0.25, 0.3) is 0 Å².